The average molecular weight is 491 g/mol. The molecule has 0 aliphatic carbocycles. The predicted molar refractivity (Wildman–Crippen MR) is 136 cm³/mol. The molecule has 1 aromatic carbocycles. The molecule has 1 aromatic heterocycles. The highest BCUT2D eigenvalue weighted by Gasteiger charge is 2.28. The lowest BCUT2D eigenvalue weighted by molar-refractivity contribution is 0.0601. The van der Waals surface area contributed by atoms with Crippen LogP contribution in [0.1, 0.15) is 39.4 Å². The van der Waals surface area contributed by atoms with Gasteiger partial charge in [0.2, 0.25) is 0 Å². The van der Waals surface area contributed by atoms with Gasteiger partial charge < -0.3 is 29.9 Å². The molecule has 8 nitrogen and oxygen atoms in total. The van der Waals surface area contributed by atoms with Crippen LogP contribution in [-0.4, -0.2) is 78.3 Å². The number of thiophene rings is 1. The van der Waals surface area contributed by atoms with Gasteiger partial charge in [0.05, 0.1) is 17.6 Å². The molecule has 1 saturated heterocycles. The largest absolute Gasteiger partial charge is 0.508 e. The number of hydrogen-bond acceptors (Lipinski definition) is 7. The van der Waals surface area contributed by atoms with E-state index in [-0.39, 0.29) is 11.7 Å². The number of nitrogens with zero attached hydrogens (tertiary/aromatic N) is 3. The van der Waals surface area contributed by atoms with Crippen LogP contribution < -0.4 is 10.2 Å². The molecular weight excluding hydrogens is 460 g/mol. The molecule has 0 atom stereocenters. The number of hydrogen-bond donors (Lipinski definition) is 2. The number of esters is 1. The summed E-state index contributed by atoms with van der Waals surface area (Å²) >= 11 is 6.88. The van der Waals surface area contributed by atoms with Crippen LogP contribution in [0.2, 0.25) is 0 Å². The SMILES string of the molecule is CCN(CC)C(=O)c1sc(NC(=S)N2CCN(c3cccc(O)c3)CC2)c(C(=O)OC)c1C. The quantitative estimate of drug-likeness (QED) is 0.470. The number of piperazine rings is 1. The van der Waals surface area contributed by atoms with Crippen LogP contribution in [0.4, 0.5) is 10.7 Å². The van der Waals surface area contributed by atoms with Crippen LogP contribution in [0.15, 0.2) is 24.3 Å². The van der Waals surface area contributed by atoms with Gasteiger partial charge >= 0.3 is 5.97 Å². The summed E-state index contributed by atoms with van der Waals surface area (Å²) in [5, 5.41) is 14.0. The predicted octanol–water partition coefficient (Wildman–Crippen LogP) is 3.55. The summed E-state index contributed by atoms with van der Waals surface area (Å²) in [5.74, 6) is -0.363. The number of benzene rings is 1. The molecule has 2 N–H and O–H groups in total. The van der Waals surface area contributed by atoms with E-state index >= 15 is 0 Å². The standard InChI is InChI=1S/C23H30N4O4S2/c1-5-25(6-2)21(29)19-15(3)18(22(30)31-4)20(33-19)24-23(32)27-12-10-26(11-13-27)16-8-7-9-17(28)14-16/h7-9,14,28H,5-6,10-13H2,1-4H3,(H,24,32). The fourth-order valence-electron chi connectivity index (χ4n) is 3.84. The summed E-state index contributed by atoms with van der Waals surface area (Å²) in [6.45, 7) is 9.65. The van der Waals surface area contributed by atoms with Gasteiger partial charge in [0.1, 0.15) is 10.8 Å². The highest BCUT2D eigenvalue weighted by Crippen LogP contribution is 2.35. The number of phenols is 1. The number of methoxy groups -OCH3 is 1. The molecule has 178 valence electrons. The van der Waals surface area contributed by atoms with Crippen molar-refractivity contribution in [2.45, 2.75) is 20.8 Å². The number of phenolic OH excluding ortho intramolecular Hbond substituents is 1. The maximum Gasteiger partial charge on any atom is 0.341 e. The molecule has 0 unspecified atom stereocenters. The maximum absolute atomic E-state index is 13.0. The Bertz CT molecular complexity index is 1030. The van der Waals surface area contributed by atoms with Gasteiger partial charge in [-0.25, -0.2) is 4.79 Å². The van der Waals surface area contributed by atoms with Crippen molar-refractivity contribution in [3.8, 4) is 5.75 Å². The lowest BCUT2D eigenvalue weighted by atomic mass is 10.1. The van der Waals surface area contributed by atoms with Crippen LogP contribution in [0.3, 0.4) is 0 Å². The molecule has 2 heterocycles. The fourth-order valence-corrected chi connectivity index (χ4v) is 5.35. The van der Waals surface area contributed by atoms with Crippen molar-refractivity contribution in [3.63, 3.8) is 0 Å². The minimum atomic E-state index is -0.499. The molecule has 0 bridgehead atoms. The summed E-state index contributed by atoms with van der Waals surface area (Å²) in [6.07, 6.45) is 0. The first-order valence-electron chi connectivity index (χ1n) is 10.9. The lowest BCUT2D eigenvalue weighted by Crippen LogP contribution is -2.50. The Hall–Kier alpha value is -2.85. The summed E-state index contributed by atoms with van der Waals surface area (Å²) in [7, 11) is 1.33. The van der Waals surface area contributed by atoms with Gasteiger partial charge in [0.15, 0.2) is 5.11 Å². The van der Waals surface area contributed by atoms with Crippen molar-refractivity contribution in [3.05, 3.63) is 40.3 Å². The van der Waals surface area contributed by atoms with Crippen molar-refractivity contribution in [2.75, 3.05) is 56.6 Å². The van der Waals surface area contributed by atoms with E-state index in [1.54, 1.807) is 24.0 Å². The van der Waals surface area contributed by atoms with E-state index in [1.807, 2.05) is 30.9 Å². The second-order valence-corrected chi connectivity index (χ2v) is 9.06. The first-order chi connectivity index (χ1) is 15.8. The topological polar surface area (TPSA) is 85.4 Å². The zero-order valence-corrected chi connectivity index (χ0v) is 21.0. The number of ether oxygens (including phenoxy) is 1. The Balaban J connectivity index is 1.75. The number of amides is 1. The van der Waals surface area contributed by atoms with Crippen LogP contribution in [-0.2, 0) is 4.74 Å². The van der Waals surface area contributed by atoms with E-state index in [0.717, 1.165) is 18.8 Å². The van der Waals surface area contributed by atoms with Crippen LogP contribution >= 0.6 is 23.6 Å². The number of aromatic hydroxyl groups is 1. The van der Waals surface area contributed by atoms with E-state index in [9.17, 15) is 14.7 Å². The zero-order valence-electron chi connectivity index (χ0n) is 19.4. The van der Waals surface area contributed by atoms with E-state index in [0.29, 0.717) is 52.3 Å². The number of anilines is 2. The monoisotopic (exact) mass is 490 g/mol. The van der Waals surface area contributed by atoms with Crippen molar-refractivity contribution in [1.82, 2.24) is 9.80 Å². The van der Waals surface area contributed by atoms with Crippen molar-refractivity contribution in [1.29, 1.82) is 0 Å². The molecule has 3 rings (SSSR count). The Morgan fingerprint density at radius 3 is 2.45 bits per heavy atom. The molecule has 1 aliphatic rings. The molecule has 0 radical (unpaired) electrons. The molecule has 1 amide bonds. The van der Waals surface area contributed by atoms with Crippen LogP contribution in [0.5, 0.6) is 5.75 Å². The van der Waals surface area contributed by atoms with E-state index in [4.69, 9.17) is 17.0 Å². The summed E-state index contributed by atoms with van der Waals surface area (Å²) in [6, 6.07) is 7.20. The maximum atomic E-state index is 13.0. The number of nitrogens with one attached hydrogen (secondary N) is 1. The Morgan fingerprint density at radius 2 is 1.88 bits per heavy atom. The Labute approximate surface area is 203 Å². The number of rotatable bonds is 6. The Kier molecular flexibility index (Phi) is 8.15. The molecule has 33 heavy (non-hydrogen) atoms. The van der Waals surface area contributed by atoms with Crippen molar-refractivity contribution in [2.24, 2.45) is 0 Å². The molecule has 10 heteroatoms. The molecule has 1 fully saturated rings. The third-order valence-corrected chi connectivity index (χ3v) is 7.32. The van der Waals surface area contributed by atoms with Crippen molar-refractivity contribution < 1.29 is 19.4 Å². The summed E-state index contributed by atoms with van der Waals surface area (Å²) < 4.78 is 4.98. The number of carbonyl (C=O) groups excluding carboxylic acids is 2. The first kappa shape index (κ1) is 24.8. The van der Waals surface area contributed by atoms with Gasteiger partial charge in [-0.2, -0.15) is 0 Å². The summed E-state index contributed by atoms with van der Waals surface area (Å²) in [5.41, 5.74) is 1.91. The van der Waals surface area contributed by atoms with Gasteiger partial charge in [-0.3, -0.25) is 4.79 Å². The molecule has 0 spiro atoms. The van der Waals surface area contributed by atoms with Gasteiger partial charge in [-0.15, -0.1) is 11.3 Å². The number of thiocarbonyl (C=S) groups is 1. The second-order valence-electron chi connectivity index (χ2n) is 7.65. The van der Waals surface area contributed by atoms with Crippen LogP contribution in [0, 0.1) is 6.92 Å². The van der Waals surface area contributed by atoms with E-state index < -0.39 is 5.97 Å². The minimum absolute atomic E-state index is 0.105. The van der Waals surface area contributed by atoms with Gasteiger partial charge in [-0.05, 0) is 50.7 Å². The molecular formula is C23H30N4O4S2. The van der Waals surface area contributed by atoms with Gasteiger partial charge in [-0.1, -0.05) is 6.07 Å². The number of carbonyl (C=O) groups is 2. The van der Waals surface area contributed by atoms with E-state index in [2.05, 4.69) is 10.2 Å². The highest BCUT2D eigenvalue weighted by molar-refractivity contribution is 7.80. The molecule has 1 aliphatic heterocycles. The zero-order chi connectivity index (χ0) is 24.1. The third kappa shape index (κ3) is 5.39. The van der Waals surface area contributed by atoms with Gasteiger partial charge in [0.25, 0.3) is 5.91 Å². The van der Waals surface area contributed by atoms with Gasteiger partial charge in [0, 0.05) is 51.0 Å². The molecule has 0 saturated carbocycles. The average Bonchev–Trinajstić information content (AvgIpc) is 3.14. The van der Waals surface area contributed by atoms with E-state index in [1.165, 1.54) is 18.4 Å². The highest BCUT2D eigenvalue weighted by atomic mass is 32.1. The minimum Gasteiger partial charge on any atom is -0.508 e. The lowest BCUT2D eigenvalue weighted by Gasteiger charge is -2.37. The second kappa shape index (κ2) is 10.8. The first-order valence-corrected chi connectivity index (χ1v) is 12.1. The summed E-state index contributed by atoms with van der Waals surface area (Å²) in [4.78, 5) is 32.0. The van der Waals surface area contributed by atoms with Crippen molar-refractivity contribution >= 4 is 51.2 Å². The van der Waals surface area contributed by atoms with Crippen LogP contribution in [0.25, 0.3) is 0 Å². The fraction of sp³-hybridized carbons (Fsp3) is 0.435. The normalized spacial score (nSPS) is 13.6. The molecule has 2 aromatic rings. The smallest absolute Gasteiger partial charge is 0.341 e. The third-order valence-electron chi connectivity index (χ3n) is 5.76. The Morgan fingerprint density at radius 1 is 1.21 bits per heavy atom.